The second-order valence-electron chi connectivity index (χ2n) is 8.71. The molecular weight excluding hydrogens is 404 g/mol. The SMILES string of the molecule is O=C(CC1CCCO1)C1CC(c2ccc(NC(=O)N3Cc4ccncc4C3)cc2)=CCN1. The molecular formula is C25H28N4O3. The Morgan fingerprint density at radius 3 is 2.78 bits per heavy atom. The first-order chi connectivity index (χ1) is 15.7. The first kappa shape index (κ1) is 20.8. The minimum Gasteiger partial charge on any atom is -0.378 e. The van der Waals surface area contributed by atoms with E-state index in [-0.39, 0.29) is 24.0 Å². The third-order valence-electron chi connectivity index (χ3n) is 6.50. The van der Waals surface area contributed by atoms with Gasteiger partial charge < -0.3 is 20.3 Å². The maximum Gasteiger partial charge on any atom is 0.322 e. The first-order valence-corrected chi connectivity index (χ1v) is 11.3. The molecule has 0 saturated carbocycles. The van der Waals surface area contributed by atoms with Crippen molar-refractivity contribution < 1.29 is 14.3 Å². The molecule has 32 heavy (non-hydrogen) atoms. The summed E-state index contributed by atoms with van der Waals surface area (Å²) in [6.45, 7) is 2.63. The molecule has 1 saturated heterocycles. The van der Waals surface area contributed by atoms with Crippen LogP contribution in [0.5, 0.6) is 0 Å². The fourth-order valence-corrected chi connectivity index (χ4v) is 4.67. The molecule has 0 spiro atoms. The Kier molecular flexibility index (Phi) is 6.01. The zero-order valence-corrected chi connectivity index (χ0v) is 18.0. The highest BCUT2D eigenvalue weighted by Gasteiger charge is 2.27. The molecule has 0 aliphatic carbocycles. The minimum absolute atomic E-state index is 0.0845. The van der Waals surface area contributed by atoms with E-state index in [0.717, 1.165) is 47.4 Å². The number of aromatic nitrogens is 1. The van der Waals surface area contributed by atoms with Gasteiger partial charge >= 0.3 is 6.03 Å². The van der Waals surface area contributed by atoms with Crippen molar-refractivity contribution in [2.45, 2.75) is 50.9 Å². The molecule has 1 aromatic heterocycles. The molecule has 7 heteroatoms. The standard InChI is InChI=1S/C25H28N4O3/c30-24(13-22-2-1-11-32-22)23-12-18(8-10-27-23)17-3-5-21(6-4-17)28-25(31)29-15-19-7-9-26-14-20(19)16-29/h3-9,14,22-23,27H,1-2,10-13,15-16H2,(H,28,31). The normalized spacial score (nSPS) is 22.4. The number of hydrogen-bond donors (Lipinski definition) is 2. The molecule has 0 bridgehead atoms. The van der Waals surface area contributed by atoms with Gasteiger partial charge in [-0.3, -0.25) is 9.78 Å². The summed E-state index contributed by atoms with van der Waals surface area (Å²) in [5.74, 6) is 0.230. The maximum absolute atomic E-state index is 12.7. The average Bonchev–Trinajstić information content (AvgIpc) is 3.49. The summed E-state index contributed by atoms with van der Waals surface area (Å²) in [6.07, 6.45) is 9.00. The van der Waals surface area contributed by atoms with Crippen LogP contribution in [0.1, 0.15) is 42.4 Å². The molecule has 166 valence electrons. The van der Waals surface area contributed by atoms with Crippen LogP contribution in [-0.2, 0) is 22.6 Å². The third kappa shape index (κ3) is 4.59. The molecule has 2 atom stereocenters. The van der Waals surface area contributed by atoms with Crippen molar-refractivity contribution in [1.82, 2.24) is 15.2 Å². The number of urea groups is 1. The van der Waals surface area contributed by atoms with Gasteiger partial charge in [0.05, 0.1) is 12.1 Å². The number of nitrogens with one attached hydrogen (secondary N) is 2. The quantitative estimate of drug-likeness (QED) is 0.755. The van der Waals surface area contributed by atoms with Crippen molar-refractivity contribution in [3.8, 4) is 0 Å². The van der Waals surface area contributed by atoms with Crippen molar-refractivity contribution in [1.29, 1.82) is 0 Å². The van der Waals surface area contributed by atoms with Crippen molar-refractivity contribution in [2.24, 2.45) is 0 Å². The van der Waals surface area contributed by atoms with E-state index >= 15 is 0 Å². The Morgan fingerprint density at radius 2 is 2.00 bits per heavy atom. The van der Waals surface area contributed by atoms with Crippen LogP contribution in [0.4, 0.5) is 10.5 Å². The number of amides is 2. The second-order valence-corrected chi connectivity index (χ2v) is 8.71. The summed E-state index contributed by atoms with van der Waals surface area (Å²) in [5, 5.41) is 6.30. The van der Waals surface area contributed by atoms with E-state index < -0.39 is 0 Å². The number of benzene rings is 1. The summed E-state index contributed by atoms with van der Waals surface area (Å²) >= 11 is 0. The van der Waals surface area contributed by atoms with Gasteiger partial charge in [0, 0.05) is 50.7 Å². The van der Waals surface area contributed by atoms with E-state index in [1.54, 1.807) is 11.1 Å². The molecule has 3 aliphatic heterocycles. The van der Waals surface area contributed by atoms with Gasteiger partial charge in [-0.1, -0.05) is 18.2 Å². The van der Waals surface area contributed by atoms with Crippen molar-refractivity contribution in [3.05, 3.63) is 65.5 Å². The van der Waals surface area contributed by atoms with E-state index in [2.05, 4.69) is 21.7 Å². The molecule has 2 unspecified atom stereocenters. The highest BCUT2D eigenvalue weighted by Crippen LogP contribution is 2.27. The predicted octanol–water partition coefficient (Wildman–Crippen LogP) is 3.51. The van der Waals surface area contributed by atoms with Crippen LogP contribution < -0.4 is 10.6 Å². The second kappa shape index (κ2) is 9.22. The highest BCUT2D eigenvalue weighted by atomic mass is 16.5. The monoisotopic (exact) mass is 432 g/mol. The number of Topliss-reactive ketones (excluding diaryl/α,β-unsaturated/α-hetero) is 1. The molecule has 7 nitrogen and oxygen atoms in total. The smallest absolute Gasteiger partial charge is 0.322 e. The van der Waals surface area contributed by atoms with Gasteiger partial charge in [0.2, 0.25) is 0 Å². The fourth-order valence-electron chi connectivity index (χ4n) is 4.67. The van der Waals surface area contributed by atoms with Crippen LogP contribution in [0, 0.1) is 0 Å². The number of fused-ring (bicyclic) bond motifs is 1. The third-order valence-corrected chi connectivity index (χ3v) is 6.50. The summed E-state index contributed by atoms with van der Waals surface area (Å²) in [4.78, 5) is 31.3. The Morgan fingerprint density at radius 1 is 1.16 bits per heavy atom. The van der Waals surface area contributed by atoms with Crippen LogP contribution in [0.15, 0.2) is 48.8 Å². The van der Waals surface area contributed by atoms with Crippen LogP contribution in [0.3, 0.4) is 0 Å². The van der Waals surface area contributed by atoms with Crippen LogP contribution in [0.2, 0.25) is 0 Å². The van der Waals surface area contributed by atoms with Crippen molar-refractivity contribution >= 4 is 23.1 Å². The van der Waals surface area contributed by atoms with Gasteiger partial charge in [-0.2, -0.15) is 0 Å². The lowest BCUT2D eigenvalue weighted by molar-refractivity contribution is -0.123. The molecule has 4 heterocycles. The van der Waals surface area contributed by atoms with E-state index in [1.165, 1.54) is 0 Å². The topological polar surface area (TPSA) is 83.6 Å². The number of anilines is 1. The summed E-state index contributed by atoms with van der Waals surface area (Å²) in [7, 11) is 0. The van der Waals surface area contributed by atoms with Crippen LogP contribution in [0.25, 0.3) is 5.57 Å². The lowest BCUT2D eigenvalue weighted by Gasteiger charge is -2.24. The number of ketones is 1. The van der Waals surface area contributed by atoms with E-state index in [4.69, 9.17) is 4.74 Å². The maximum atomic E-state index is 12.7. The van der Waals surface area contributed by atoms with Gasteiger partial charge in [0.25, 0.3) is 0 Å². The highest BCUT2D eigenvalue weighted by molar-refractivity contribution is 5.90. The Balaban J connectivity index is 1.17. The number of carbonyl (C=O) groups is 2. The predicted molar refractivity (Wildman–Crippen MR) is 122 cm³/mol. The number of hydrogen-bond acceptors (Lipinski definition) is 5. The number of rotatable bonds is 5. The van der Waals surface area contributed by atoms with Gasteiger partial charge in [0.1, 0.15) is 0 Å². The number of carbonyl (C=O) groups excluding carboxylic acids is 2. The summed E-state index contributed by atoms with van der Waals surface area (Å²) in [6, 6.07) is 9.55. The Labute approximate surface area is 187 Å². The molecule has 3 aliphatic rings. The zero-order valence-electron chi connectivity index (χ0n) is 18.0. The van der Waals surface area contributed by atoms with E-state index in [9.17, 15) is 9.59 Å². The largest absolute Gasteiger partial charge is 0.378 e. The van der Waals surface area contributed by atoms with Gasteiger partial charge in [-0.25, -0.2) is 4.79 Å². The lowest BCUT2D eigenvalue weighted by Crippen LogP contribution is -2.40. The number of pyridine rings is 1. The minimum atomic E-state index is -0.162. The first-order valence-electron chi connectivity index (χ1n) is 11.3. The van der Waals surface area contributed by atoms with Gasteiger partial charge in [-0.05, 0) is 59.7 Å². The number of nitrogens with zero attached hydrogens (tertiary/aromatic N) is 2. The van der Waals surface area contributed by atoms with Crippen LogP contribution in [-0.4, -0.2) is 47.0 Å². The van der Waals surface area contributed by atoms with Crippen molar-refractivity contribution in [3.63, 3.8) is 0 Å². The zero-order chi connectivity index (χ0) is 21.9. The Hall–Kier alpha value is -3.03. The van der Waals surface area contributed by atoms with Crippen molar-refractivity contribution in [2.75, 3.05) is 18.5 Å². The molecule has 2 aromatic rings. The molecule has 1 aromatic carbocycles. The average molecular weight is 433 g/mol. The molecule has 1 fully saturated rings. The summed E-state index contributed by atoms with van der Waals surface area (Å²) in [5.41, 5.74) is 5.24. The lowest BCUT2D eigenvalue weighted by atomic mass is 9.91. The molecule has 2 amide bonds. The van der Waals surface area contributed by atoms with Gasteiger partial charge in [0.15, 0.2) is 5.78 Å². The van der Waals surface area contributed by atoms with E-state index in [1.807, 2.05) is 36.5 Å². The molecule has 5 rings (SSSR count). The number of ether oxygens (including phenoxy) is 1. The molecule has 2 N–H and O–H groups in total. The fraction of sp³-hybridized carbons (Fsp3) is 0.400. The Bertz CT molecular complexity index is 1000. The van der Waals surface area contributed by atoms with E-state index in [0.29, 0.717) is 32.5 Å². The molecule has 0 radical (unpaired) electrons. The summed E-state index contributed by atoms with van der Waals surface area (Å²) < 4.78 is 5.62. The van der Waals surface area contributed by atoms with Gasteiger partial charge in [-0.15, -0.1) is 0 Å². The van der Waals surface area contributed by atoms with Crippen LogP contribution >= 0.6 is 0 Å².